The van der Waals surface area contributed by atoms with Gasteiger partial charge < -0.3 is 5.32 Å². The number of nitrogens with one attached hydrogen (secondary N) is 1. The Kier molecular flexibility index (Phi) is 5.18. The van der Waals surface area contributed by atoms with E-state index in [9.17, 15) is 0 Å². The topological polar surface area (TPSA) is 42.7 Å². The van der Waals surface area contributed by atoms with E-state index < -0.39 is 0 Å². The zero-order chi connectivity index (χ0) is 16.8. The highest BCUT2D eigenvalue weighted by molar-refractivity contribution is 5.60. The molecule has 1 heterocycles. The highest BCUT2D eigenvalue weighted by atomic mass is 15.5. The van der Waals surface area contributed by atoms with E-state index in [1.807, 2.05) is 24.3 Å². The number of benzene rings is 2. The molecule has 0 spiro atoms. The first kappa shape index (κ1) is 16.1. The summed E-state index contributed by atoms with van der Waals surface area (Å²) < 4.78 is 0. The van der Waals surface area contributed by atoms with Crippen molar-refractivity contribution in [3.8, 4) is 11.3 Å². The molecule has 24 heavy (non-hydrogen) atoms. The second kappa shape index (κ2) is 7.70. The van der Waals surface area contributed by atoms with Crippen molar-refractivity contribution in [2.45, 2.75) is 20.0 Å². The first-order valence-corrected chi connectivity index (χ1v) is 8.13. The van der Waals surface area contributed by atoms with Gasteiger partial charge >= 0.3 is 0 Å². The Labute approximate surface area is 142 Å². The summed E-state index contributed by atoms with van der Waals surface area (Å²) in [6.07, 6.45) is 1.85. The normalized spacial score (nSPS) is 10.7. The van der Waals surface area contributed by atoms with Crippen molar-refractivity contribution >= 4 is 0 Å². The van der Waals surface area contributed by atoms with Crippen LogP contribution in [0.15, 0.2) is 67.3 Å². The quantitative estimate of drug-likeness (QED) is 0.535. The summed E-state index contributed by atoms with van der Waals surface area (Å²) in [6.45, 7) is 7.95. The third kappa shape index (κ3) is 3.78. The number of nitrogens with zero attached hydrogens (tertiary/aromatic N) is 3. The molecule has 0 saturated heterocycles. The summed E-state index contributed by atoms with van der Waals surface area (Å²) in [6, 6.07) is 18.5. The average molecular weight is 318 g/mol. The average Bonchev–Trinajstić information content (AvgIpc) is 3.01. The maximum absolute atomic E-state index is 4.74. The Morgan fingerprint density at radius 1 is 1.04 bits per heavy atom. The van der Waals surface area contributed by atoms with Gasteiger partial charge in [-0.1, -0.05) is 60.7 Å². The van der Waals surface area contributed by atoms with Gasteiger partial charge in [-0.15, -0.1) is 6.58 Å². The molecule has 1 N–H and O–H groups in total. The lowest BCUT2D eigenvalue weighted by molar-refractivity contribution is 0.578. The molecule has 122 valence electrons. The van der Waals surface area contributed by atoms with Crippen LogP contribution in [0.2, 0.25) is 0 Å². The summed E-state index contributed by atoms with van der Waals surface area (Å²) in [5.74, 6) is 0. The largest absolute Gasteiger partial charge is 0.308 e. The zero-order valence-electron chi connectivity index (χ0n) is 13.9. The maximum Gasteiger partial charge on any atom is 0.117 e. The van der Waals surface area contributed by atoms with Crippen LogP contribution in [0.25, 0.3) is 11.3 Å². The van der Waals surface area contributed by atoms with Crippen LogP contribution < -0.4 is 5.32 Å². The Morgan fingerprint density at radius 3 is 2.54 bits per heavy atom. The first-order chi connectivity index (χ1) is 11.8. The first-order valence-electron chi connectivity index (χ1n) is 8.13. The van der Waals surface area contributed by atoms with E-state index in [-0.39, 0.29) is 0 Å². The summed E-state index contributed by atoms with van der Waals surface area (Å²) >= 11 is 0. The molecule has 0 atom stereocenters. The summed E-state index contributed by atoms with van der Waals surface area (Å²) in [5.41, 5.74) is 5.46. The Hall–Kier alpha value is -2.72. The van der Waals surface area contributed by atoms with Gasteiger partial charge in [-0.2, -0.15) is 15.0 Å². The minimum absolute atomic E-state index is 0.671. The smallest absolute Gasteiger partial charge is 0.117 e. The molecule has 3 rings (SSSR count). The van der Waals surface area contributed by atoms with Gasteiger partial charge in [-0.25, -0.2) is 0 Å². The fourth-order valence-electron chi connectivity index (χ4n) is 2.62. The van der Waals surface area contributed by atoms with Gasteiger partial charge in [0.1, 0.15) is 11.4 Å². The van der Waals surface area contributed by atoms with Crippen molar-refractivity contribution in [2.24, 2.45) is 0 Å². The van der Waals surface area contributed by atoms with Crippen LogP contribution in [-0.2, 0) is 13.1 Å². The predicted octanol–water partition coefficient (Wildman–Crippen LogP) is 3.58. The van der Waals surface area contributed by atoms with Gasteiger partial charge in [0.2, 0.25) is 0 Å². The molecule has 4 nitrogen and oxygen atoms in total. The molecule has 0 saturated carbocycles. The number of aryl methyl sites for hydroxylation is 1. The van der Waals surface area contributed by atoms with Crippen LogP contribution in [-0.4, -0.2) is 21.5 Å². The number of hydrogen-bond donors (Lipinski definition) is 1. The Bertz CT molecular complexity index is 806. The molecular formula is C20H22N4. The molecule has 3 aromatic rings. The Balaban J connectivity index is 1.90. The molecule has 0 radical (unpaired) electrons. The van der Waals surface area contributed by atoms with Gasteiger partial charge in [0.05, 0.1) is 6.54 Å². The lowest BCUT2D eigenvalue weighted by Crippen LogP contribution is -2.14. The van der Waals surface area contributed by atoms with E-state index in [2.05, 4.69) is 55.2 Å². The van der Waals surface area contributed by atoms with Gasteiger partial charge in [0.15, 0.2) is 0 Å². The minimum Gasteiger partial charge on any atom is -0.308 e. The number of hydrogen-bond acceptors (Lipinski definition) is 3. The summed E-state index contributed by atoms with van der Waals surface area (Å²) in [7, 11) is 0. The van der Waals surface area contributed by atoms with Crippen molar-refractivity contribution in [3.63, 3.8) is 0 Å². The van der Waals surface area contributed by atoms with Gasteiger partial charge in [0.25, 0.3) is 0 Å². The lowest BCUT2D eigenvalue weighted by Gasteiger charge is -2.04. The highest BCUT2D eigenvalue weighted by Crippen LogP contribution is 2.20. The molecule has 0 unspecified atom stereocenters. The molecular weight excluding hydrogens is 296 g/mol. The van der Waals surface area contributed by atoms with Crippen molar-refractivity contribution < 1.29 is 0 Å². The van der Waals surface area contributed by atoms with Crippen LogP contribution in [0.1, 0.15) is 16.8 Å². The van der Waals surface area contributed by atoms with Gasteiger partial charge in [-0.3, -0.25) is 0 Å². The van der Waals surface area contributed by atoms with Crippen LogP contribution in [0.3, 0.4) is 0 Å². The van der Waals surface area contributed by atoms with E-state index in [0.717, 1.165) is 23.5 Å². The van der Waals surface area contributed by atoms with Crippen molar-refractivity contribution in [1.82, 2.24) is 20.3 Å². The molecule has 0 fully saturated rings. The van der Waals surface area contributed by atoms with E-state index in [4.69, 9.17) is 10.2 Å². The molecule has 0 aliphatic carbocycles. The SMILES string of the molecule is C=CCNCc1nn(Cc2ccccc2C)nc1-c1ccccc1. The molecule has 2 aromatic carbocycles. The zero-order valence-corrected chi connectivity index (χ0v) is 13.9. The van der Waals surface area contributed by atoms with Crippen molar-refractivity contribution in [2.75, 3.05) is 6.54 Å². The van der Waals surface area contributed by atoms with Crippen LogP contribution in [0.5, 0.6) is 0 Å². The van der Waals surface area contributed by atoms with Gasteiger partial charge in [0, 0.05) is 18.7 Å². The van der Waals surface area contributed by atoms with E-state index in [1.54, 1.807) is 4.80 Å². The third-order valence-corrected chi connectivity index (χ3v) is 3.93. The van der Waals surface area contributed by atoms with Crippen LogP contribution in [0.4, 0.5) is 0 Å². The number of rotatable bonds is 7. The van der Waals surface area contributed by atoms with Crippen molar-refractivity contribution in [3.05, 3.63) is 84.1 Å². The predicted molar refractivity (Wildman–Crippen MR) is 97.6 cm³/mol. The minimum atomic E-state index is 0.671. The van der Waals surface area contributed by atoms with Gasteiger partial charge in [-0.05, 0) is 18.1 Å². The van der Waals surface area contributed by atoms with Crippen molar-refractivity contribution in [1.29, 1.82) is 0 Å². The van der Waals surface area contributed by atoms with E-state index in [0.29, 0.717) is 13.1 Å². The number of aromatic nitrogens is 3. The lowest BCUT2D eigenvalue weighted by atomic mass is 10.1. The van der Waals surface area contributed by atoms with Crippen LogP contribution >= 0.6 is 0 Å². The second-order valence-corrected chi connectivity index (χ2v) is 5.74. The molecule has 1 aromatic heterocycles. The molecule has 0 aliphatic rings. The maximum atomic E-state index is 4.74. The third-order valence-electron chi connectivity index (χ3n) is 3.93. The van der Waals surface area contributed by atoms with E-state index >= 15 is 0 Å². The second-order valence-electron chi connectivity index (χ2n) is 5.74. The summed E-state index contributed by atoms with van der Waals surface area (Å²) in [4.78, 5) is 1.79. The molecule has 4 heteroatoms. The fourth-order valence-corrected chi connectivity index (χ4v) is 2.62. The Morgan fingerprint density at radius 2 is 1.79 bits per heavy atom. The van der Waals surface area contributed by atoms with Crippen LogP contribution in [0, 0.1) is 6.92 Å². The molecule has 0 amide bonds. The van der Waals surface area contributed by atoms with E-state index in [1.165, 1.54) is 11.1 Å². The highest BCUT2D eigenvalue weighted by Gasteiger charge is 2.13. The fraction of sp³-hybridized carbons (Fsp3) is 0.200. The molecule has 0 bridgehead atoms. The summed E-state index contributed by atoms with van der Waals surface area (Å²) in [5, 5.41) is 12.8. The molecule has 0 aliphatic heterocycles. The standard InChI is InChI=1S/C20H22N4/c1-3-13-21-14-19-20(17-10-5-4-6-11-17)23-24(22-19)15-18-12-8-7-9-16(18)2/h3-12,21H,1,13-15H2,2H3. The monoisotopic (exact) mass is 318 g/mol.